The molecule has 20 heavy (non-hydrogen) atoms. The Morgan fingerprint density at radius 2 is 1.95 bits per heavy atom. The van der Waals surface area contributed by atoms with Crippen LogP contribution in [-0.4, -0.2) is 31.1 Å². The van der Waals surface area contributed by atoms with Gasteiger partial charge in [0.1, 0.15) is 0 Å². The fourth-order valence-electron chi connectivity index (χ4n) is 2.19. The third-order valence-corrected chi connectivity index (χ3v) is 4.12. The molecular formula is C16H25NO2S. The molecule has 0 spiro atoms. The van der Waals surface area contributed by atoms with Gasteiger partial charge in [-0.15, -0.1) is 0 Å². The summed E-state index contributed by atoms with van der Waals surface area (Å²) < 4.78 is 4.65. The Labute approximate surface area is 126 Å². The maximum absolute atomic E-state index is 11.1. The lowest BCUT2D eigenvalue weighted by Gasteiger charge is -2.19. The fourth-order valence-corrected chi connectivity index (χ4v) is 3.21. The molecular weight excluding hydrogens is 270 g/mol. The highest BCUT2D eigenvalue weighted by atomic mass is 32.2. The molecule has 0 saturated carbocycles. The van der Waals surface area contributed by atoms with Crippen LogP contribution >= 0.6 is 11.8 Å². The van der Waals surface area contributed by atoms with E-state index in [1.165, 1.54) is 23.8 Å². The zero-order chi connectivity index (χ0) is 15.0. The lowest BCUT2D eigenvalue weighted by atomic mass is 10.0. The summed E-state index contributed by atoms with van der Waals surface area (Å²) in [6, 6.07) is 7.00. The van der Waals surface area contributed by atoms with Crippen LogP contribution in [0.3, 0.4) is 0 Å². The summed E-state index contributed by atoms with van der Waals surface area (Å²) in [5, 5.41) is 3.52. The number of aryl methyl sites for hydroxylation is 2. The molecule has 0 heterocycles. The average Bonchev–Trinajstić information content (AvgIpc) is 2.40. The SMILES string of the molecule is CCNC(CSCCC(=O)OC)c1cc(C)cc(C)c1. The van der Waals surface area contributed by atoms with Gasteiger partial charge in [0, 0.05) is 17.5 Å². The molecule has 0 bridgehead atoms. The number of nitrogens with one attached hydrogen (secondary N) is 1. The van der Waals surface area contributed by atoms with E-state index in [0.29, 0.717) is 12.5 Å². The molecule has 0 fully saturated rings. The number of esters is 1. The van der Waals surface area contributed by atoms with Crippen molar-refractivity contribution < 1.29 is 9.53 Å². The van der Waals surface area contributed by atoms with Crippen LogP contribution in [0.4, 0.5) is 0 Å². The van der Waals surface area contributed by atoms with Gasteiger partial charge in [-0.3, -0.25) is 4.79 Å². The summed E-state index contributed by atoms with van der Waals surface area (Å²) in [4.78, 5) is 11.1. The maximum Gasteiger partial charge on any atom is 0.306 e. The Bertz CT molecular complexity index is 414. The Balaban J connectivity index is 2.57. The molecule has 0 saturated heterocycles. The van der Waals surface area contributed by atoms with Crippen molar-refractivity contribution >= 4 is 17.7 Å². The average molecular weight is 295 g/mol. The van der Waals surface area contributed by atoms with E-state index in [1.807, 2.05) is 0 Å². The Kier molecular flexibility index (Phi) is 7.70. The van der Waals surface area contributed by atoms with Crippen molar-refractivity contribution in [1.82, 2.24) is 5.32 Å². The first-order chi connectivity index (χ1) is 9.56. The second-order valence-corrected chi connectivity index (χ2v) is 6.08. The number of carbonyl (C=O) groups is 1. The van der Waals surface area contributed by atoms with Crippen molar-refractivity contribution in [1.29, 1.82) is 0 Å². The maximum atomic E-state index is 11.1. The van der Waals surface area contributed by atoms with E-state index in [0.717, 1.165) is 18.1 Å². The van der Waals surface area contributed by atoms with Crippen LogP contribution < -0.4 is 5.32 Å². The first kappa shape index (κ1) is 17.1. The molecule has 1 aromatic rings. The Morgan fingerprint density at radius 3 is 2.50 bits per heavy atom. The van der Waals surface area contributed by atoms with Gasteiger partial charge in [0.15, 0.2) is 0 Å². The van der Waals surface area contributed by atoms with Crippen molar-refractivity contribution in [2.24, 2.45) is 0 Å². The van der Waals surface area contributed by atoms with E-state index in [4.69, 9.17) is 0 Å². The zero-order valence-electron chi connectivity index (χ0n) is 12.9. The minimum atomic E-state index is -0.135. The number of hydrogen-bond acceptors (Lipinski definition) is 4. The predicted octanol–water partition coefficient (Wildman–Crippen LogP) is 3.25. The number of benzene rings is 1. The van der Waals surface area contributed by atoms with Crippen LogP contribution in [-0.2, 0) is 9.53 Å². The van der Waals surface area contributed by atoms with Crippen molar-refractivity contribution in [3.63, 3.8) is 0 Å². The van der Waals surface area contributed by atoms with Gasteiger partial charge in [0.2, 0.25) is 0 Å². The van der Waals surface area contributed by atoms with Gasteiger partial charge in [-0.2, -0.15) is 11.8 Å². The Morgan fingerprint density at radius 1 is 1.30 bits per heavy atom. The largest absolute Gasteiger partial charge is 0.469 e. The van der Waals surface area contributed by atoms with Gasteiger partial charge < -0.3 is 10.1 Å². The van der Waals surface area contributed by atoms with Crippen molar-refractivity contribution in [3.05, 3.63) is 34.9 Å². The third kappa shape index (κ3) is 5.97. The molecule has 0 aliphatic heterocycles. The number of thioether (sulfide) groups is 1. The van der Waals surface area contributed by atoms with E-state index in [1.54, 1.807) is 11.8 Å². The summed E-state index contributed by atoms with van der Waals surface area (Å²) in [7, 11) is 1.43. The molecule has 112 valence electrons. The highest BCUT2D eigenvalue weighted by Gasteiger charge is 2.11. The normalized spacial score (nSPS) is 12.2. The van der Waals surface area contributed by atoms with E-state index >= 15 is 0 Å². The summed E-state index contributed by atoms with van der Waals surface area (Å²) in [6.07, 6.45) is 0.479. The van der Waals surface area contributed by atoms with Gasteiger partial charge in [0.05, 0.1) is 13.5 Å². The third-order valence-electron chi connectivity index (χ3n) is 3.06. The van der Waals surface area contributed by atoms with Gasteiger partial charge in [-0.1, -0.05) is 36.2 Å². The van der Waals surface area contributed by atoms with E-state index in [2.05, 4.69) is 49.0 Å². The van der Waals surface area contributed by atoms with Crippen molar-refractivity contribution in [3.8, 4) is 0 Å². The molecule has 1 N–H and O–H groups in total. The van der Waals surface area contributed by atoms with E-state index < -0.39 is 0 Å². The summed E-state index contributed by atoms with van der Waals surface area (Å²) in [5.41, 5.74) is 3.92. The van der Waals surface area contributed by atoms with Crippen LogP contribution in [0.25, 0.3) is 0 Å². The minimum absolute atomic E-state index is 0.135. The van der Waals surface area contributed by atoms with Crippen LogP contribution in [0.1, 0.15) is 36.1 Å². The molecule has 0 aromatic heterocycles. The first-order valence-corrected chi connectivity index (χ1v) is 8.18. The summed E-state index contributed by atoms with van der Waals surface area (Å²) in [5.74, 6) is 1.64. The van der Waals surface area contributed by atoms with Crippen LogP contribution in [0.15, 0.2) is 18.2 Å². The smallest absolute Gasteiger partial charge is 0.306 e. The Hall–Kier alpha value is -1.00. The molecule has 0 aliphatic rings. The predicted molar refractivity (Wildman–Crippen MR) is 86.3 cm³/mol. The van der Waals surface area contributed by atoms with Gasteiger partial charge in [-0.25, -0.2) is 0 Å². The monoisotopic (exact) mass is 295 g/mol. The molecule has 1 unspecified atom stereocenters. The van der Waals surface area contributed by atoms with E-state index in [-0.39, 0.29) is 5.97 Å². The number of ether oxygens (including phenoxy) is 1. The van der Waals surface area contributed by atoms with Crippen molar-refractivity contribution in [2.45, 2.75) is 33.2 Å². The topological polar surface area (TPSA) is 38.3 Å². The molecule has 0 aliphatic carbocycles. The quantitative estimate of drug-likeness (QED) is 0.590. The number of carbonyl (C=O) groups excluding carboxylic acids is 1. The summed E-state index contributed by atoms with van der Waals surface area (Å²) >= 11 is 1.79. The van der Waals surface area contributed by atoms with Gasteiger partial charge >= 0.3 is 5.97 Å². The second-order valence-electron chi connectivity index (χ2n) is 4.93. The number of rotatable bonds is 8. The first-order valence-electron chi connectivity index (χ1n) is 7.03. The van der Waals surface area contributed by atoms with Crippen LogP contribution in [0.2, 0.25) is 0 Å². The fraction of sp³-hybridized carbons (Fsp3) is 0.562. The standard InChI is InChI=1S/C16H25NO2S/c1-5-17-15(11-20-7-6-16(18)19-4)14-9-12(2)8-13(3)10-14/h8-10,15,17H,5-7,11H2,1-4H3. The highest BCUT2D eigenvalue weighted by Crippen LogP contribution is 2.21. The molecule has 1 aromatic carbocycles. The lowest BCUT2D eigenvalue weighted by molar-refractivity contribution is -0.140. The summed E-state index contributed by atoms with van der Waals surface area (Å²) in [6.45, 7) is 7.32. The van der Waals surface area contributed by atoms with Crippen molar-refractivity contribution in [2.75, 3.05) is 25.2 Å². The number of methoxy groups -OCH3 is 1. The molecule has 1 atom stereocenters. The van der Waals surface area contributed by atoms with Gasteiger partial charge in [0.25, 0.3) is 0 Å². The molecule has 4 heteroatoms. The minimum Gasteiger partial charge on any atom is -0.469 e. The molecule has 0 amide bonds. The van der Waals surface area contributed by atoms with Crippen LogP contribution in [0.5, 0.6) is 0 Å². The molecule has 3 nitrogen and oxygen atoms in total. The number of hydrogen-bond donors (Lipinski definition) is 1. The second kappa shape index (κ2) is 9.03. The zero-order valence-corrected chi connectivity index (χ0v) is 13.7. The lowest BCUT2D eigenvalue weighted by Crippen LogP contribution is -2.23. The van der Waals surface area contributed by atoms with E-state index in [9.17, 15) is 4.79 Å². The molecule has 1 rings (SSSR count). The highest BCUT2D eigenvalue weighted by molar-refractivity contribution is 7.99. The van der Waals surface area contributed by atoms with Crippen LogP contribution in [0, 0.1) is 13.8 Å². The van der Waals surface area contributed by atoms with Gasteiger partial charge in [-0.05, 0) is 26.0 Å². The molecule has 0 radical (unpaired) electrons.